The standard InChI is InChI=1S/C37H34N4O7/c1-36(2)31-7-3-4-8-32(31)40(37(36)22-20-26-24-29(41(45)46)16-19-33(26)48-37)23-21-35(44)47-30-17-14-28(15-18-30)39-38-27-12-10-25(11-13-27)6-5-9-34(42)43/h3-4,7-8,10-20,22,24H,5-6,9,21,23H2,1-2H3,(H,42,43). The normalized spacial score (nSPS) is 17.2. The van der Waals surface area contributed by atoms with Gasteiger partial charge >= 0.3 is 11.9 Å². The number of ether oxygens (including phenoxy) is 2. The summed E-state index contributed by atoms with van der Waals surface area (Å²) in [4.78, 5) is 36.8. The number of fused-ring (bicyclic) bond motifs is 2. The number of carboxylic acids is 1. The molecule has 1 N–H and O–H groups in total. The minimum Gasteiger partial charge on any atom is -0.481 e. The van der Waals surface area contributed by atoms with E-state index in [0.717, 1.165) is 16.8 Å². The highest BCUT2D eigenvalue weighted by Crippen LogP contribution is 2.55. The number of nitro groups is 1. The van der Waals surface area contributed by atoms with E-state index >= 15 is 0 Å². The molecule has 0 radical (unpaired) electrons. The maximum absolute atomic E-state index is 13.1. The Bertz CT molecular complexity index is 1920. The summed E-state index contributed by atoms with van der Waals surface area (Å²) in [7, 11) is 0. The molecule has 11 nitrogen and oxygen atoms in total. The second-order valence-corrected chi connectivity index (χ2v) is 12.2. The zero-order chi connectivity index (χ0) is 33.9. The van der Waals surface area contributed by atoms with Crippen molar-refractivity contribution in [1.82, 2.24) is 0 Å². The summed E-state index contributed by atoms with van der Waals surface area (Å²) in [5, 5.41) is 28.6. The lowest BCUT2D eigenvalue weighted by Crippen LogP contribution is -2.60. The van der Waals surface area contributed by atoms with Crippen LogP contribution in [0.15, 0.2) is 107 Å². The molecule has 0 bridgehead atoms. The molecule has 0 saturated heterocycles. The minimum atomic E-state index is -0.979. The van der Waals surface area contributed by atoms with Gasteiger partial charge in [0.15, 0.2) is 0 Å². The predicted octanol–water partition coefficient (Wildman–Crippen LogP) is 8.31. The van der Waals surface area contributed by atoms with Crippen LogP contribution >= 0.6 is 0 Å². The Labute approximate surface area is 277 Å². The fraction of sp³-hybridized carbons (Fsp3) is 0.243. The minimum absolute atomic E-state index is 0.0137. The quantitative estimate of drug-likeness (QED) is 0.0563. The van der Waals surface area contributed by atoms with Crippen molar-refractivity contribution in [3.8, 4) is 11.5 Å². The average molecular weight is 647 g/mol. The van der Waals surface area contributed by atoms with Gasteiger partial charge in [-0.3, -0.25) is 19.7 Å². The van der Waals surface area contributed by atoms with Crippen LogP contribution in [0.25, 0.3) is 6.08 Å². The van der Waals surface area contributed by atoms with Gasteiger partial charge in [0.1, 0.15) is 11.5 Å². The second-order valence-electron chi connectivity index (χ2n) is 12.2. The number of nitrogens with zero attached hydrogens (tertiary/aromatic N) is 4. The van der Waals surface area contributed by atoms with Crippen LogP contribution < -0.4 is 14.4 Å². The first-order valence-electron chi connectivity index (χ1n) is 15.6. The topological polar surface area (TPSA) is 144 Å². The van der Waals surface area contributed by atoms with Gasteiger partial charge in [-0.05, 0) is 98.5 Å². The van der Waals surface area contributed by atoms with Gasteiger partial charge in [-0.25, -0.2) is 0 Å². The van der Waals surface area contributed by atoms with Gasteiger partial charge in [-0.2, -0.15) is 10.2 Å². The number of anilines is 1. The number of para-hydroxylation sites is 1. The molecule has 1 unspecified atom stereocenters. The molecular formula is C37H34N4O7. The summed E-state index contributed by atoms with van der Waals surface area (Å²) in [5.74, 6) is -0.310. The van der Waals surface area contributed by atoms with Crippen molar-refractivity contribution in [3.05, 3.63) is 124 Å². The lowest BCUT2D eigenvalue weighted by molar-refractivity contribution is -0.384. The van der Waals surface area contributed by atoms with Crippen molar-refractivity contribution in [2.24, 2.45) is 10.2 Å². The second kappa shape index (κ2) is 13.1. The van der Waals surface area contributed by atoms with Crippen molar-refractivity contribution >= 4 is 40.8 Å². The molecular weight excluding hydrogens is 612 g/mol. The highest BCUT2D eigenvalue weighted by atomic mass is 16.6. The summed E-state index contributed by atoms with van der Waals surface area (Å²) >= 11 is 0. The van der Waals surface area contributed by atoms with Gasteiger partial charge in [-0.1, -0.05) is 30.3 Å². The monoisotopic (exact) mass is 646 g/mol. The number of hydrogen-bond acceptors (Lipinski definition) is 9. The molecule has 48 heavy (non-hydrogen) atoms. The SMILES string of the molecule is CC1(C)c2ccccc2N(CCC(=O)Oc2ccc(N=Nc3ccc(CCCC(=O)O)cc3)cc2)C12C=Cc1cc([N+](=O)[O-])ccc1O2. The van der Waals surface area contributed by atoms with Crippen molar-refractivity contribution < 1.29 is 29.1 Å². The van der Waals surface area contributed by atoms with Crippen molar-refractivity contribution in [3.63, 3.8) is 0 Å². The molecule has 4 aromatic rings. The molecule has 4 aromatic carbocycles. The van der Waals surface area contributed by atoms with E-state index in [2.05, 4.69) is 35.0 Å². The first kappa shape index (κ1) is 32.1. The molecule has 11 heteroatoms. The van der Waals surface area contributed by atoms with Crippen LogP contribution in [0.4, 0.5) is 22.7 Å². The third-order valence-electron chi connectivity index (χ3n) is 8.80. The smallest absolute Gasteiger partial charge is 0.312 e. The van der Waals surface area contributed by atoms with Gasteiger partial charge in [0, 0.05) is 36.3 Å². The summed E-state index contributed by atoms with van der Waals surface area (Å²) < 4.78 is 12.4. The number of nitro benzene ring substituents is 1. The maximum atomic E-state index is 13.1. The van der Waals surface area contributed by atoms with Crippen LogP contribution in [0.5, 0.6) is 11.5 Å². The number of aliphatic carboxylic acids is 1. The van der Waals surface area contributed by atoms with Gasteiger partial charge in [0.05, 0.1) is 28.1 Å². The highest BCUT2D eigenvalue weighted by Gasteiger charge is 2.58. The highest BCUT2D eigenvalue weighted by molar-refractivity contribution is 5.76. The van der Waals surface area contributed by atoms with Crippen molar-refractivity contribution in [2.75, 3.05) is 11.4 Å². The first-order valence-corrected chi connectivity index (χ1v) is 15.6. The molecule has 1 atom stereocenters. The molecule has 0 amide bonds. The Hall–Kier alpha value is -5.84. The van der Waals surface area contributed by atoms with Gasteiger partial charge in [-0.15, -0.1) is 0 Å². The summed E-state index contributed by atoms with van der Waals surface area (Å²) in [6, 6.07) is 26.8. The maximum Gasteiger partial charge on any atom is 0.312 e. The zero-order valence-corrected chi connectivity index (χ0v) is 26.5. The number of non-ortho nitro benzene ring substituents is 1. The summed E-state index contributed by atoms with van der Waals surface area (Å²) in [6.07, 6.45) is 5.25. The molecule has 2 heterocycles. The third-order valence-corrected chi connectivity index (χ3v) is 8.80. The van der Waals surface area contributed by atoms with Crippen LogP contribution in [0.3, 0.4) is 0 Å². The molecule has 244 valence electrons. The number of benzene rings is 4. The molecule has 0 saturated carbocycles. The van der Waals surface area contributed by atoms with E-state index in [4.69, 9.17) is 14.6 Å². The fourth-order valence-electron chi connectivity index (χ4n) is 6.25. The van der Waals surface area contributed by atoms with Crippen LogP contribution in [0, 0.1) is 10.1 Å². The van der Waals surface area contributed by atoms with E-state index in [0.29, 0.717) is 47.8 Å². The molecule has 0 aromatic heterocycles. The Morgan fingerprint density at radius 2 is 1.62 bits per heavy atom. The number of carboxylic acid groups (broad SMARTS) is 1. The average Bonchev–Trinajstić information content (AvgIpc) is 3.25. The Morgan fingerprint density at radius 1 is 0.938 bits per heavy atom. The van der Waals surface area contributed by atoms with E-state index in [9.17, 15) is 19.7 Å². The number of rotatable bonds is 11. The zero-order valence-electron chi connectivity index (χ0n) is 26.5. The number of esters is 1. The Kier molecular flexibility index (Phi) is 8.77. The van der Waals surface area contributed by atoms with Crippen LogP contribution in [0.1, 0.15) is 49.8 Å². The number of hydrogen-bond donors (Lipinski definition) is 1. The Balaban J connectivity index is 1.10. The van der Waals surface area contributed by atoms with Crippen LogP contribution in [-0.2, 0) is 21.4 Å². The summed E-state index contributed by atoms with van der Waals surface area (Å²) in [5.41, 5.74) is 3.38. The van der Waals surface area contributed by atoms with E-state index in [1.165, 1.54) is 12.1 Å². The fourth-order valence-corrected chi connectivity index (χ4v) is 6.25. The van der Waals surface area contributed by atoms with Gasteiger partial charge in [0.2, 0.25) is 5.72 Å². The van der Waals surface area contributed by atoms with E-state index < -0.39 is 28.0 Å². The van der Waals surface area contributed by atoms with Crippen LogP contribution in [-0.4, -0.2) is 34.2 Å². The van der Waals surface area contributed by atoms with E-state index in [1.54, 1.807) is 30.3 Å². The first-order chi connectivity index (χ1) is 23.1. The predicted molar refractivity (Wildman–Crippen MR) is 180 cm³/mol. The van der Waals surface area contributed by atoms with Gasteiger partial charge < -0.3 is 19.5 Å². The van der Waals surface area contributed by atoms with Gasteiger partial charge in [0.25, 0.3) is 5.69 Å². The van der Waals surface area contributed by atoms with Crippen LogP contribution in [0.2, 0.25) is 0 Å². The molecule has 2 aliphatic rings. The number of carbonyl (C=O) groups is 2. The molecule has 0 aliphatic carbocycles. The molecule has 0 fully saturated rings. The lowest BCUT2D eigenvalue weighted by Gasteiger charge is -2.47. The largest absolute Gasteiger partial charge is 0.481 e. The molecule has 1 spiro atoms. The summed E-state index contributed by atoms with van der Waals surface area (Å²) in [6.45, 7) is 4.48. The molecule has 2 aliphatic heterocycles. The number of carbonyl (C=O) groups excluding carboxylic acids is 1. The molecule has 6 rings (SSSR count). The number of aryl methyl sites for hydroxylation is 1. The lowest BCUT2D eigenvalue weighted by atomic mass is 9.76. The third kappa shape index (κ3) is 6.39. The van der Waals surface area contributed by atoms with E-state index in [-0.39, 0.29) is 18.5 Å². The van der Waals surface area contributed by atoms with E-state index in [1.807, 2.05) is 54.6 Å². The van der Waals surface area contributed by atoms with Crippen molar-refractivity contribution in [1.29, 1.82) is 0 Å². The Morgan fingerprint density at radius 3 is 2.31 bits per heavy atom. The van der Waals surface area contributed by atoms with Crippen molar-refractivity contribution in [2.45, 2.75) is 50.7 Å². The number of azo groups is 1.